The van der Waals surface area contributed by atoms with E-state index in [2.05, 4.69) is 15.5 Å². The highest BCUT2D eigenvalue weighted by Crippen LogP contribution is 2.24. The predicted octanol–water partition coefficient (Wildman–Crippen LogP) is 5.07. The molecule has 0 radical (unpaired) electrons. The summed E-state index contributed by atoms with van der Waals surface area (Å²) < 4.78 is 41.6. The van der Waals surface area contributed by atoms with Gasteiger partial charge in [0.05, 0.1) is 5.69 Å². The summed E-state index contributed by atoms with van der Waals surface area (Å²) in [6, 6.07) is 22.2. The predicted molar refractivity (Wildman–Crippen MR) is 160 cm³/mol. The van der Waals surface area contributed by atoms with Crippen molar-refractivity contribution >= 4 is 23.2 Å². The fraction of sp³-hybridized carbons (Fsp3) is 0.212. The third kappa shape index (κ3) is 7.40. The van der Waals surface area contributed by atoms with Gasteiger partial charge >= 0.3 is 0 Å². The molecule has 5 rings (SSSR count). The van der Waals surface area contributed by atoms with Gasteiger partial charge in [-0.3, -0.25) is 14.5 Å². The summed E-state index contributed by atoms with van der Waals surface area (Å²) in [7, 11) is 0. The first-order valence-corrected chi connectivity index (χ1v) is 14.0. The van der Waals surface area contributed by atoms with Crippen LogP contribution in [-0.2, 0) is 19.6 Å². The van der Waals surface area contributed by atoms with E-state index in [4.69, 9.17) is 5.73 Å². The lowest BCUT2D eigenvalue weighted by Crippen LogP contribution is -2.46. The number of piperazine rings is 1. The van der Waals surface area contributed by atoms with Crippen LogP contribution >= 0.6 is 0 Å². The molecule has 222 valence electrons. The first kappa shape index (κ1) is 29.8. The number of carbonyl (C=O) groups is 2. The summed E-state index contributed by atoms with van der Waals surface area (Å²) in [5.74, 6) is -3.42. The minimum Gasteiger partial charge on any atom is -0.367 e. The molecule has 1 heterocycles. The number of hydrogen-bond acceptors (Lipinski definition) is 5. The Hall–Kier alpha value is -4.67. The Morgan fingerprint density at radius 1 is 0.721 bits per heavy atom. The van der Waals surface area contributed by atoms with Crippen molar-refractivity contribution in [1.29, 1.82) is 0 Å². The molecular weight excluding hydrogens is 555 g/mol. The zero-order valence-electron chi connectivity index (χ0n) is 23.5. The zero-order valence-corrected chi connectivity index (χ0v) is 23.5. The Balaban J connectivity index is 1.32. The van der Waals surface area contributed by atoms with Gasteiger partial charge in [0, 0.05) is 62.6 Å². The highest BCUT2D eigenvalue weighted by atomic mass is 19.2. The molecule has 0 atom stereocenters. The lowest BCUT2D eigenvalue weighted by molar-refractivity contribution is 0.0949. The molecule has 0 aliphatic carbocycles. The van der Waals surface area contributed by atoms with E-state index >= 15 is 0 Å². The highest BCUT2D eigenvalue weighted by Gasteiger charge is 2.21. The molecule has 0 bridgehead atoms. The first-order valence-electron chi connectivity index (χ1n) is 14.0. The monoisotopic (exact) mass is 587 g/mol. The van der Waals surface area contributed by atoms with Crippen LogP contribution in [0.1, 0.15) is 37.4 Å². The second-order valence-electron chi connectivity index (χ2n) is 10.4. The van der Waals surface area contributed by atoms with Crippen LogP contribution < -0.4 is 21.3 Å². The molecule has 2 amide bonds. The normalized spacial score (nSPS) is 13.5. The SMILES string of the molecule is NCc1ccc(CNC(=O)c2ccc(CN3CCN(c4ccccc4F)CC3)c(NC(=O)c3ccc(F)c(F)c3)c2)cc1. The van der Waals surface area contributed by atoms with Crippen LogP contribution in [0.3, 0.4) is 0 Å². The van der Waals surface area contributed by atoms with Gasteiger partial charge in [0.15, 0.2) is 11.6 Å². The number of para-hydroxylation sites is 1. The molecule has 0 saturated carbocycles. The van der Waals surface area contributed by atoms with Crippen molar-refractivity contribution < 1.29 is 22.8 Å². The van der Waals surface area contributed by atoms with E-state index in [9.17, 15) is 22.8 Å². The van der Waals surface area contributed by atoms with Crippen LogP contribution in [0.4, 0.5) is 24.5 Å². The summed E-state index contributed by atoms with van der Waals surface area (Å²) in [6.07, 6.45) is 0. The van der Waals surface area contributed by atoms with Gasteiger partial charge in [0.25, 0.3) is 11.8 Å². The van der Waals surface area contributed by atoms with Crippen molar-refractivity contribution in [1.82, 2.24) is 10.2 Å². The highest BCUT2D eigenvalue weighted by molar-refractivity contribution is 6.05. The Morgan fingerprint density at radius 3 is 2.09 bits per heavy atom. The number of carbonyl (C=O) groups excluding carboxylic acids is 2. The van der Waals surface area contributed by atoms with Gasteiger partial charge in [-0.25, -0.2) is 13.2 Å². The Labute approximate surface area is 248 Å². The van der Waals surface area contributed by atoms with Crippen LogP contribution in [0.2, 0.25) is 0 Å². The van der Waals surface area contributed by atoms with Crippen LogP contribution in [0.25, 0.3) is 0 Å². The molecule has 10 heteroatoms. The van der Waals surface area contributed by atoms with Gasteiger partial charge in [-0.15, -0.1) is 0 Å². The van der Waals surface area contributed by atoms with Gasteiger partial charge in [0.2, 0.25) is 0 Å². The second kappa shape index (κ2) is 13.5. The van der Waals surface area contributed by atoms with Crippen LogP contribution in [0, 0.1) is 17.5 Å². The van der Waals surface area contributed by atoms with Crippen molar-refractivity contribution in [2.24, 2.45) is 5.73 Å². The third-order valence-electron chi connectivity index (χ3n) is 7.47. The number of rotatable bonds is 9. The number of halogens is 3. The molecule has 4 aromatic carbocycles. The number of benzene rings is 4. The molecular formula is C33H32F3N5O2. The van der Waals surface area contributed by atoms with E-state index in [-0.39, 0.29) is 17.3 Å². The van der Waals surface area contributed by atoms with E-state index in [1.54, 1.807) is 30.3 Å². The van der Waals surface area contributed by atoms with Gasteiger partial charge < -0.3 is 21.3 Å². The lowest BCUT2D eigenvalue weighted by Gasteiger charge is -2.36. The standard InChI is InChI=1S/C33H32F3N5O2/c34-27-12-11-24(17-29(27)36)33(43)39-30-18-25(32(42)38-20-23-7-5-22(19-37)6-8-23)9-10-26(30)21-40-13-15-41(16-14-40)31-4-2-1-3-28(31)35/h1-12,17-18H,13-16,19-21,37H2,(H,38,42)(H,39,43). The first-order chi connectivity index (χ1) is 20.8. The molecule has 0 unspecified atom stereocenters. The second-order valence-corrected chi connectivity index (χ2v) is 10.4. The fourth-order valence-corrected chi connectivity index (χ4v) is 4.98. The molecule has 1 saturated heterocycles. The number of amides is 2. The van der Waals surface area contributed by atoms with Crippen LogP contribution in [0.5, 0.6) is 0 Å². The quantitative estimate of drug-likeness (QED) is 0.255. The van der Waals surface area contributed by atoms with E-state index in [0.717, 1.165) is 28.8 Å². The Morgan fingerprint density at radius 2 is 1.40 bits per heavy atom. The van der Waals surface area contributed by atoms with Gasteiger partial charge in [0.1, 0.15) is 5.82 Å². The molecule has 43 heavy (non-hydrogen) atoms. The average Bonchev–Trinajstić information content (AvgIpc) is 3.03. The molecule has 7 nitrogen and oxygen atoms in total. The van der Waals surface area contributed by atoms with E-state index in [1.807, 2.05) is 35.2 Å². The molecule has 4 aromatic rings. The smallest absolute Gasteiger partial charge is 0.255 e. The Kier molecular flexibility index (Phi) is 9.38. The van der Waals surface area contributed by atoms with Crippen molar-refractivity contribution in [2.75, 3.05) is 36.4 Å². The summed E-state index contributed by atoms with van der Waals surface area (Å²) in [5, 5.41) is 5.66. The molecule has 1 aliphatic heterocycles. The Bertz CT molecular complexity index is 1600. The minimum atomic E-state index is -1.13. The summed E-state index contributed by atoms with van der Waals surface area (Å²) >= 11 is 0. The maximum Gasteiger partial charge on any atom is 0.255 e. The summed E-state index contributed by atoms with van der Waals surface area (Å²) in [6.45, 7) is 3.71. The maximum atomic E-state index is 14.3. The number of anilines is 2. The van der Waals surface area contributed by atoms with Crippen molar-refractivity contribution in [3.05, 3.63) is 130 Å². The summed E-state index contributed by atoms with van der Waals surface area (Å²) in [5.41, 5.74) is 9.50. The van der Waals surface area contributed by atoms with Gasteiger partial charge in [-0.2, -0.15) is 0 Å². The number of nitrogens with one attached hydrogen (secondary N) is 2. The zero-order chi connectivity index (χ0) is 30.3. The molecule has 1 fully saturated rings. The third-order valence-corrected chi connectivity index (χ3v) is 7.47. The number of hydrogen-bond donors (Lipinski definition) is 3. The number of nitrogens with zero attached hydrogens (tertiary/aromatic N) is 2. The van der Waals surface area contributed by atoms with E-state index < -0.39 is 17.5 Å². The van der Waals surface area contributed by atoms with Gasteiger partial charge in [-0.1, -0.05) is 42.5 Å². The minimum absolute atomic E-state index is 0.0564. The molecule has 1 aliphatic rings. The van der Waals surface area contributed by atoms with Crippen molar-refractivity contribution in [2.45, 2.75) is 19.6 Å². The van der Waals surface area contributed by atoms with Crippen LogP contribution in [0.15, 0.2) is 84.9 Å². The lowest BCUT2D eigenvalue weighted by atomic mass is 10.1. The maximum absolute atomic E-state index is 14.3. The molecule has 0 spiro atoms. The largest absolute Gasteiger partial charge is 0.367 e. The van der Waals surface area contributed by atoms with E-state index in [0.29, 0.717) is 62.8 Å². The van der Waals surface area contributed by atoms with Crippen LogP contribution in [-0.4, -0.2) is 42.9 Å². The number of nitrogens with two attached hydrogens (primary N) is 1. The summed E-state index contributed by atoms with van der Waals surface area (Å²) in [4.78, 5) is 30.2. The topological polar surface area (TPSA) is 90.7 Å². The molecule has 4 N–H and O–H groups in total. The average molecular weight is 588 g/mol. The fourth-order valence-electron chi connectivity index (χ4n) is 4.98. The van der Waals surface area contributed by atoms with E-state index in [1.165, 1.54) is 12.1 Å². The molecule has 0 aromatic heterocycles. The van der Waals surface area contributed by atoms with Gasteiger partial charge in [-0.05, 0) is 59.2 Å². The van der Waals surface area contributed by atoms with Crippen molar-refractivity contribution in [3.63, 3.8) is 0 Å². The van der Waals surface area contributed by atoms with Crippen molar-refractivity contribution in [3.8, 4) is 0 Å².